The van der Waals surface area contributed by atoms with Gasteiger partial charge in [-0.05, 0) is 34.7 Å². The number of aromatic nitrogens is 1. The van der Waals surface area contributed by atoms with Crippen LogP contribution in [0.4, 0.5) is 17.6 Å². The second kappa shape index (κ2) is 3.99. The van der Waals surface area contributed by atoms with Crippen LogP contribution in [0.15, 0.2) is 17.2 Å². The van der Waals surface area contributed by atoms with E-state index in [4.69, 9.17) is 0 Å². The molecule has 1 aromatic rings. The van der Waals surface area contributed by atoms with Crippen LogP contribution in [0.25, 0.3) is 0 Å². The van der Waals surface area contributed by atoms with Crippen molar-refractivity contribution in [1.82, 2.24) is 4.98 Å². The van der Waals surface area contributed by atoms with Gasteiger partial charge in [0.1, 0.15) is 8.73 Å². The lowest BCUT2D eigenvalue weighted by atomic mass is 10.5. The monoisotopic (exact) mass is 323 g/mol. The van der Waals surface area contributed by atoms with Crippen molar-refractivity contribution in [1.29, 1.82) is 0 Å². The van der Waals surface area contributed by atoms with Crippen molar-refractivity contribution < 1.29 is 17.6 Å². The van der Waals surface area contributed by atoms with Crippen LogP contribution in [-0.2, 0) is 0 Å². The summed E-state index contributed by atoms with van der Waals surface area (Å²) in [5.74, 6) is -0.956. The van der Waals surface area contributed by atoms with Crippen LogP contribution >= 0.6 is 34.4 Å². The average molecular weight is 323 g/mol. The highest BCUT2D eigenvalue weighted by Gasteiger charge is 2.31. The van der Waals surface area contributed by atoms with Crippen LogP contribution in [0.5, 0.6) is 0 Å². The first-order valence-electron chi connectivity index (χ1n) is 2.96. The molecule has 0 aliphatic heterocycles. The molecular weight excluding hydrogens is 321 g/mol. The first-order chi connectivity index (χ1) is 5.88. The van der Waals surface area contributed by atoms with E-state index in [0.717, 1.165) is 6.07 Å². The summed E-state index contributed by atoms with van der Waals surface area (Å²) in [4.78, 5) is 3.41. The second-order valence-electron chi connectivity index (χ2n) is 1.97. The van der Waals surface area contributed by atoms with E-state index in [9.17, 15) is 17.6 Å². The van der Waals surface area contributed by atoms with Gasteiger partial charge in [-0.25, -0.2) is 9.37 Å². The van der Waals surface area contributed by atoms with Crippen molar-refractivity contribution in [3.8, 4) is 0 Å². The maximum absolute atomic E-state index is 12.7. The number of halogens is 5. The second-order valence-corrected chi connectivity index (χ2v) is 4.13. The number of alkyl halides is 3. The third kappa shape index (κ3) is 3.67. The van der Waals surface area contributed by atoms with Crippen LogP contribution in [-0.4, -0.2) is 10.5 Å². The number of hydrogen-bond acceptors (Lipinski definition) is 2. The lowest BCUT2D eigenvalue weighted by Crippen LogP contribution is -2.02. The highest BCUT2D eigenvalue weighted by molar-refractivity contribution is 14.1. The molecule has 0 radical (unpaired) electrons. The third-order valence-electron chi connectivity index (χ3n) is 0.992. The van der Waals surface area contributed by atoms with E-state index in [2.05, 4.69) is 4.98 Å². The molecule has 0 unspecified atom stereocenters. The fourth-order valence-corrected chi connectivity index (χ4v) is 1.70. The molecule has 0 saturated heterocycles. The van der Waals surface area contributed by atoms with E-state index in [1.165, 1.54) is 6.07 Å². The lowest BCUT2D eigenvalue weighted by molar-refractivity contribution is -0.0330. The Balaban J connectivity index is 2.94. The number of rotatable bonds is 1. The van der Waals surface area contributed by atoms with Gasteiger partial charge in [0.25, 0.3) is 0 Å². The van der Waals surface area contributed by atoms with Crippen LogP contribution in [0.1, 0.15) is 0 Å². The molecule has 1 heterocycles. The van der Waals surface area contributed by atoms with Crippen LogP contribution in [0.3, 0.4) is 0 Å². The van der Waals surface area contributed by atoms with Crippen molar-refractivity contribution in [3.05, 3.63) is 21.7 Å². The van der Waals surface area contributed by atoms with Gasteiger partial charge in [-0.3, -0.25) is 0 Å². The lowest BCUT2D eigenvalue weighted by Gasteiger charge is -2.05. The summed E-state index contributed by atoms with van der Waals surface area (Å²) < 4.78 is 48.5. The van der Waals surface area contributed by atoms with E-state index in [0.29, 0.717) is 3.70 Å². The smallest absolute Gasteiger partial charge is 0.232 e. The predicted molar refractivity (Wildman–Crippen MR) is 48.8 cm³/mol. The minimum atomic E-state index is -4.50. The molecule has 0 fully saturated rings. The Morgan fingerprint density at radius 2 is 1.92 bits per heavy atom. The molecule has 0 bridgehead atoms. The Kier molecular flexibility index (Phi) is 3.38. The van der Waals surface area contributed by atoms with Gasteiger partial charge in [-0.2, -0.15) is 13.2 Å². The molecule has 1 rings (SSSR count). The summed E-state index contributed by atoms with van der Waals surface area (Å²) in [6, 6.07) is 2.26. The molecule has 0 atom stereocenters. The molecule has 0 aromatic carbocycles. The molecule has 1 nitrogen and oxygen atoms in total. The Morgan fingerprint density at radius 1 is 1.31 bits per heavy atom. The number of thioether (sulfide) groups is 1. The zero-order chi connectivity index (χ0) is 10.1. The molecular formula is C6H2F4INS. The van der Waals surface area contributed by atoms with Gasteiger partial charge in [0.05, 0.1) is 0 Å². The molecule has 0 spiro atoms. The molecule has 1 aromatic heterocycles. The summed E-state index contributed by atoms with van der Waals surface area (Å²) in [6.07, 6.45) is 0. The zero-order valence-electron chi connectivity index (χ0n) is 5.90. The van der Waals surface area contributed by atoms with Crippen molar-refractivity contribution >= 4 is 34.4 Å². The number of hydrogen-bond donors (Lipinski definition) is 0. The molecule has 13 heavy (non-hydrogen) atoms. The SMILES string of the molecule is Fc1ccc(I)nc1SC(F)(F)F. The Bertz CT molecular complexity index is 314. The minimum Gasteiger partial charge on any atom is -0.232 e. The molecule has 0 aliphatic rings. The van der Waals surface area contributed by atoms with Gasteiger partial charge < -0.3 is 0 Å². The van der Waals surface area contributed by atoms with Crippen molar-refractivity contribution in [2.24, 2.45) is 0 Å². The summed E-state index contributed by atoms with van der Waals surface area (Å²) in [5.41, 5.74) is -4.50. The Morgan fingerprint density at radius 3 is 2.46 bits per heavy atom. The molecule has 72 valence electrons. The summed E-state index contributed by atoms with van der Waals surface area (Å²) in [5, 5.41) is -0.639. The maximum atomic E-state index is 12.7. The topological polar surface area (TPSA) is 12.9 Å². The first kappa shape index (κ1) is 11.0. The minimum absolute atomic E-state index is 0.325. The highest BCUT2D eigenvalue weighted by atomic mass is 127. The van der Waals surface area contributed by atoms with Gasteiger partial charge in [-0.15, -0.1) is 0 Å². The normalized spacial score (nSPS) is 11.8. The third-order valence-corrected chi connectivity index (χ3v) is 2.30. The molecule has 0 amide bonds. The first-order valence-corrected chi connectivity index (χ1v) is 4.86. The Labute approximate surface area is 89.1 Å². The molecule has 0 saturated carbocycles. The fourth-order valence-electron chi connectivity index (χ4n) is 0.582. The van der Waals surface area contributed by atoms with Crippen LogP contribution < -0.4 is 0 Å². The van der Waals surface area contributed by atoms with Crippen LogP contribution in [0.2, 0.25) is 0 Å². The van der Waals surface area contributed by atoms with Gasteiger partial charge >= 0.3 is 5.51 Å². The van der Waals surface area contributed by atoms with E-state index >= 15 is 0 Å². The summed E-state index contributed by atoms with van der Waals surface area (Å²) in [7, 11) is 0. The van der Waals surface area contributed by atoms with E-state index in [1.807, 2.05) is 0 Å². The number of nitrogens with zero attached hydrogens (tertiary/aromatic N) is 1. The quantitative estimate of drug-likeness (QED) is 0.340. The van der Waals surface area contributed by atoms with E-state index < -0.39 is 28.1 Å². The molecule has 7 heteroatoms. The van der Waals surface area contributed by atoms with E-state index in [1.54, 1.807) is 22.6 Å². The van der Waals surface area contributed by atoms with Crippen molar-refractivity contribution in [2.45, 2.75) is 10.5 Å². The molecule has 0 aliphatic carbocycles. The Hall–Kier alpha value is -0.0500. The van der Waals surface area contributed by atoms with Crippen molar-refractivity contribution in [3.63, 3.8) is 0 Å². The highest BCUT2D eigenvalue weighted by Crippen LogP contribution is 2.36. The average Bonchev–Trinajstić information content (AvgIpc) is 1.94. The van der Waals surface area contributed by atoms with Crippen LogP contribution in [0, 0.1) is 9.52 Å². The standard InChI is InChI=1S/C6H2F4INS/c7-3-1-2-4(11)12-5(3)13-6(8,9)10/h1-2H. The summed E-state index contributed by atoms with van der Waals surface area (Å²) in [6.45, 7) is 0. The van der Waals surface area contributed by atoms with Gasteiger partial charge in [0, 0.05) is 11.8 Å². The predicted octanol–water partition coefficient (Wildman–Crippen LogP) is 3.44. The van der Waals surface area contributed by atoms with E-state index in [-0.39, 0.29) is 0 Å². The fraction of sp³-hybridized carbons (Fsp3) is 0.167. The summed E-state index contributed by atoms with van der Waals surface area (Å²) >= 11 is 1.17. The van der Waals surface area contributed by atoms with Gasteiger partial charge in [-0.1, -0.05) is 0 Å². The van der Waals surface area contributed by atoms with Gasteiger partial charge in [0.15, 0.2) is 5.82 Å². The van der Waals surface area contributed by atoms with Crippen molar-refractivity contribution in [2.75, 3.05) is 0 Å². The maximum Gasteiger partial charge on any atom is 0.447 e. The zero-order valence-corrected chi connectivity index (χ0v) is 8.87. The number of pyridine rings is 1. The largest absolute Gasteiger partial charge is 0.447 e. The molecule has 0 N–H and O–H groups in total. The van der Waals surface area contributed by atoms with Gasteiger partial charge in [0.2, 0.25) is 0 Å².